The molecule has 3 rings (SSSR count). The summed E-state index contributed by atoms with van der Waals surface area (Å²) in [6, 6.07) is 9.79. The molecular formula is C21H30N4O4S. The normalized spacial score (nSPS) is 26.0. The summed E-state index contributed by atoms with van der Waals surface area (Å²) in [6.45, 7) is 7.45. The summed E-state index contributed by atoms with van der Waals surface area (Å²) in [5, 5.41) is 32.6. The first-order chi connectivity index (χ1) is 14.6. The van der Waals surface area contributed by atoms with Crippen LogP contribution in [-0.4, -0.2) is 79.5 Å². The number of nitriles is 1. The Morgan fingerprint density at radius 1 is 1.27 bits per heavy atom. The molecule has 164 valence electrons. The highest BCUT2D eigenvalue weighted by atomic mass is 32.2. The molecule has 3 unspecified atom stereocenters. The minimum absolute atomic E-state index is 0.122. The zero-order valence-corrected chi connectivity index (χ0v) is 18.0. The lowest BCUT2D eigenvalue weighted by atomic mass is 10.1. The van der Waals surface area contributed by atoms with Crippen molar-refractivity contribution in [2.45, 2.75) is 31.8 Å². The van der Waals surface area contributed by atoms with E-state index in [1.807, 2.05) is 31.2 Å². The highest BCUT2D eigenvalue weighted by Crippen LogP contribution is 2.27. The fraction of sp³-hybridized carbons (Fsp3) is 0.571. The fourth-order valence-corrected chi connectivity index (χ4v) is 4.18. The Labute approximate surface area is 182 Å². The number of nitrogens with one attached hydrogen (secondary N) is 2. The van der Waals surface area contributed by atoms with Gasteiger partial charge in [-0.2, -0.15) is 5.26 Å². The van der Waals surface area contributed by atoms with Crippen LogP contribution in [0.4, 0.5) is 5.69 Å². The molecule has 3 atom stereocenters. The summed E-state index contributed by atoms with van der Waals surface area (Å²) in [4.78, 5) is 2.89. The van der Waals surface area contributed by atoms with Gasteiger partial charge >= 0.3 is 0 Å². The van der Waals surface area contributed by atoms with E-state index >= 15 is 0 Å². The maximum atomic E-state index is 9.89. The second kappa shape index (κ2) is 11.7. The van der Waals surface area contributed by atoms with Crippen molar-refractivity contribution < 1.29 is 19.7 Å². The van der Waals surface area contributed by atoms with Crippen LogP contribution in [0.15, 0.2) is 29.2 Å². The Kier molecular flexibility index (Phi) is 8.96. The molecule has 0 aliphatic carbocycles. The predicted octanol–water partition coefficient (Wildman–Crippen LogP) is 1.39. The highest BCUT2D eigenvalue weighted by molar-refractivity contribution is 8.01. The minimum Gasteiger partial charge on any atom is -0.391 e. The van der Waals surface area contributed by atoms with Crippen molar-refractivity contribution in [3.63, 3.8) is 0 Å². The van der Waals surface area contributed by atoms with Gasteiger partial charge in [-0.25, -0.2) is 0 Å². The summed E-state index contributed by atoms with van der Waals surface area (Å²) in [7, 11) is 0. The van der Waals surface area contributed by atoms with Crippen LogP contribution in [-0.2, 0) is 9.47 Å². The number of anilines is 1. The Balaban J connectivity index is 1.52. The van der Waals surface area contributed by atoms with Crippen LogP contribution in [0, 0.1) is 11.3 Å². The van der Waals surface area contributed by atoms with Gasteiger partial charge in [-0.15, -0.1) is 0 Å². The van der Waals surface area contributed by atoms with Gasteiger partial charge in [-0.05, 0) is 48.6 Å². The van der Waals surface area contributed by atoms with Gasteiger partial charge in [0.15, 0.2) is 6.29 Å². The van der Waals surface area contributed by atoms with Gasteiger partial charge < -0.3 is 25.0 Å². The van der Waals surface area contributed by atoms with E-state index in [2.05, 4.69) is 21.0 Å². The molecule has 30 heavy (non-hydrogen) atoms. The van der Waals surface area contributed by atoms with E-state index in [0.717, 1.165) is 68.2 Å². The highest BCUT2D eigenvalue weighted by Gasteiger charge is 2.29. The van der Waals surface area contributed by atoms with Crippen LogP contribution in [0.1, 0.15) is 18.9 Å². The fourth-order valence-electron chi connectivity index (χ4n) is 3.38. The first-order valence-corrected chi connectivity index (χ1v) is 11.0. The van der Waals surface area contributed by atoms with Crippen molar-refractivity contribution in [3.8, 4) is 6.07 Å². The molecule has 1 aromatic rings. The molecule has 4 N–H and O–H groups in total. The first kappa shape index (κ1) is 23.0. The van der Waals surface area contributed by atoms with Gasteiger partial charge in [-0.3, -0.25) is 9.62 Å². The number of rotatable bonds is 8. The maximum absolute atomic E-state index is 9.89. The molecule has 2 saturated heterocycles. The zero-order valence-electron chi connectivity index (χ0n) is 17.2. The largest absolute Gasteiger partial charge is 0.391 e. The first-order valence-electron chi connectivity index (χ1n) is 10.2. The second-order valence-electron chi connectivity index (χ2n) is 7.46. The molecule has 0 saturated carbocycles. The zero-order chi connectivity index (χ0) is 21.3. The van der Waals surface area contributed by atoms with E-state index < -0.39 is 18.4 Å². The summed E-state index contributed by atoms with van der Waals surface area (Å²) in [5.41, 5.74) is 2.85. The number of allylic oxidation sites excluding steroid dienone is 2. The number of morpholine rings is 1. The summed E-state index contributed by atoms with van der Waals surface area (Å²) >= 11 is 1.16. The predicted molar refractivity (Wildman–Crippen MR) is 117 cm³/mol. The van der Waals surface area contributed by atoms with Crippen molar-refractivity contribution in [1.82, 2.24) is 9.62 Å². The molecule has 2 aliphatic heterocycles. The molecular weight excluding hydrogens is 404 g/mol. The SMILES string of the molecule is C/C(=C(/C#N)SNC1CC(O)COC1O)c1ccc(NCCN2CCOCC2)cc1. The van der Waals surface area contributed by atoms with Gasteiger partial charge in [-0.1, -0.05) is 12.1 Å². The molecule has 8 nitrogen and oxygen atoms in total. The summed E-state index contributed by atoms with van der Waals surface area (Å²) in [6.07, 6.45) is -1.24. The maximum Gasteiger partial charge on any atom is 0.171 e. The molecule has 2 aliphatic rings. The smallest absolute Gasteiger partial charge is 0.171 e. The average Bonchev–Trinajstić information content (AvgIpc) is 2.77. The number of ether oxygens (including phenoxy) is 2. The standard InChI is InChI=1S/C21H30N4O4S/c1-15(20(13-22)30-24-19-12-18(26)14-29-21(19)27)16-2-4-17(5-3-16)23-6-7-25-8-10-28-11-9-25/h2-5,18-19,21,23-24,26-27H,6-12,14H2,1H3/b20-15+. The van der Waals surface area contributed by atoms with E-state index in [1.165, 1.54) is 0 Å². The van der Waals surface area contributed by atoms with Gasteiger partial charge in [0.05, 0.1) is 32.0 Å². The van der Waals surface area contributed by atoms with Gasteiger partial charge in [0, 0.05) is 31.9 Å². The minimum atomic E-state index is -0.996. The van der Waals surface area contributed by atoms with Crippen molar-refractivity contribution in [2.24, 2.45) is 0 Å². The van der Waals surface area contributed by atoms with Crippen LogP contribution >= 0.6 is 11.9 Å². The van der Waals surface area contributed by atoms with Crippen molar-refractivity contribution in [1.29, 1.82) is 5.26 Å². The molecule has 0 amide bonds. The van der Waals surface area contributed by atoms with E-state index in [1.54, 1.807) is 0 Å². The summed E-state index contributed by atoms with van der Waals surface area (Å²) < 4.78 is 13.5. The van der Waals surface area contributed by atoms with Crippen LogP contribution in [0.5, 0.6) is 0 Å². The second-order valence-corrected chi connectivity index (χ2v) is 8.31. The van der Waals surface area contributed by atoms with Crippen LogP contribution in [0.3, 0.4) is 0 Å². The Morgan fingerprint density at radius 3 is 2.70 bits per heavy atom. The molecule has 9 heteroatoms. The van der Waals surface area contributed by atoms with Gasteiger partial charge in [0.25, 0.3) is 0 Å². The third-order valence-electron chi connectivity index (χ3n) is 5.26. The number of benzene rings is 1. The van der Waals surface area contributed by atoms with E-state index in [-0.39, 0.29) is 6.61 Å². The molecule has 0 radical (unpaired) electrons. The van der Waals surface area contributed by atoms with E-state index in [9.17, 15) is 15.5 Å². The van der Waals surface area contributed by atoms with Crippen LogP contribution < -0.4 is 10.0 Å². The molecule has 0 aromatic heterocycles. The molecule has 1 aromatic carbocycles. The third kappa shape index (κ3) is 6.68. The van der Waals surface area contributed by atoms with Gasteiger partial charge in [0.1, 0.15) is 11.0 Å². The lowest BCUT2D eigenvalue weighted by molar-refractivity contribution is -0.168. The monoisotopic (exact) mass is 434 g/mol. The summed E-state index contributed by atoms with van der Waals surface area (Å²) in [5.74, 6) is 0. The average molecular weight is 435 g/mol. The van der Waals surface area contributed by atoms with E-state index in [0.29, 0.717) is 11.3 Å². The molecule has 2 heterocycles. The Morgan fingerprint density at radius 2 is 2.00 bits per heavy atom. The third-order valence-corrected chi connectivity index (χ3v) is 6.29. The molecule has 0 bridgehead atoms. The van der Waals surface area contributed by atoms with Crippen LogP contribution in [0.25, 0.3) is 5.57 Å². The van der Waals surface area contributed by atoms with Crippen LogP contribution in [0.2, 0.25) is 0 Å². The Bertz CT molecular complexity index is 746. The number of aliphatic hydroxyl groups excluding tert-OH is 2. The Hall–Kier alpha value is -1.64. The van der Waals surface area contributed by atoms with Crippen molar-refractivity contribution >= 4 is 23.2 Å². The lowest BCUT2D eigenvalue weighted by Crippen LogP contribution is -2.46. The van der Waals surface area contributed by atoms with Gasteiger partial charge in [0.2, 0.25) is 0 Å². The van der Waals surface area contributed by atoms with E-state index in [4.69, 9.17) is 9.47 Å². The number of aliphatic hydroxyl groups is 2. The molecule has 2 fully saturated rings. The lowest BCUT2D eigenvalue weighted by Gasteiger charge is -2.31. The van der Waals surface area contributed by atoms with Crippen molar-refractivity contribution in [2.75, 3.05) is 51.3 Å². The van der Waals surface area contributed by atoms with Crippen molar-refractivity contribution in [3.05, 3.63) is 34.7 Å². The quantitative estimate of drug-likeness (QED) is 0.356. The number of hydrogen-bond acceptors (Lipinski definition) is 9. The number of hydrogen-bond donors (Lipinski definition) is 4. The molecule has 0 spiro atoms. The topological polar surface area (TPSA) is 110 Å². The number of nitrogens with zero attached hydrogens (tertiary/aromatic N) is 2.